The zero-order valence-corrected chi connectivity index (χ0v) is 55.1. The quantitative estimate of drug-likeness (QED) is 0.0179. The molecule has 0 heterocycles. The van der Waals surface area contributed by atoms with E-state index in [0.717, 1.165) is 0 Å². The molecule has 0 aliphatic heterocycles. The first-order valence-corrected chi connectivity index (χ1v) is 36.7. The molecule has 83 heavy (non-hydrogen) atoms. The third-order valence-corrected chi connectivity index (χ3v) is 18.4. The van der Waals surface area contributed by atoms with Crippen LogP contribution < -0.4 is 0 Å². The van der Waals surface area contributed by atoms with Gasteiger partial charge in [0.05, 0.1) is 39.6 Å². The van der Waals surface area contributed by atoms with E-state index >= 15 is 0 Å². The molecule has 27 nitrogen and oxygen atoms in total. The standard InChI is InChI=1S/C51H96O27P4Se/c1-46(52)61-28-16-22-37-70-79(58,71-38-23-17-29-62-47(2)53)67-34-10-7-13-43-76-82(83,77-44-14-8-11-35-68-80(59,72-39-24-18-30-63-48(3)54)73-40-25-19-31-64-49(4)55)78-45-15-9-12-36-69-81(60,74-41-26-20-32-65-50(5)56)75-42-27-21-33-66-51(6)57/h7-45H2,1-6H3. The molecule has 0 aromatic heterocycles. The Morgan fingerprint density at radius 3 is 0.482 bits per heavy atom. The summed E-state index contributed by atoms with van der Waals surface area (Å²) in [5.74, 6) is -2.39. The maximum absolute atomic E-state index is 13.5. The topological polar surface area (TPSA) is 320 Å². The second-order valence-corrected chi connectivity index (χ2v) is 27.7. The van der Waals surface area contributed by atoms with Gasteiger partial charge in [-0.15, -0.1) is 0 Å². The number of hydrogen-bond donors (Lipinski definition) is 0. The Bertz CT molecular complexity index is 1630. The van der Waals surface area contributed by atoms with Crippen LogP contribution in [0.2, 0.25) is 0 Å². The van der Waals surface area contributed by atoms with Gasteiger partial charge in [-0.25, -0.2) is 0 Å². The Morgan fingerprint density at radius 2 is 0.337 bits per heavy atom. The van der Waals surface area contributed by atoms with Crippen LogP contribution in [0, 0.1) is 0 Å². The van der Waals surface area contributed by atoms with Crippen LogP contribution in [0.4, 0.5) is 0 Å². The minimum Gasteiger partial charge on any atom is -0.466 e. The molecule has 0 spiro atoms. The van der Waals surface area contributed by atoms with Crippen LogP contribution in [0.3, 0.4) is 0 Å². The summed E-state index contributed by atoms with van der Waals surface area (Å²) in [6, 6.07) is 0. The predicted molar refractivity (Wildman–Crippen MR) is 304 cm³/mol. The SMILES string of the molecule is CC(=O)OCCCCOP(=O)(OCCCCCOP(=[Se])(OCCCCCOP(=O)(OCCCCOC(C)=O)OCCCCOC(C)=O)OCCCCCOP(=O)(OCCCCOC(C)=O)OCCCCOC(C)=O)OCCCCOC(C)=O. The smallest absolute Gasteiger partial charge is 0.466 e. The van der Waals surface area contributed by atoms with Crippen LogP contribution in [0.25, 0.3) is 0 Å². The van der Waals surface area contributed by atoms with E-state index in [0.29, 0.717) is 135 Å². The van der Waals surface area contributed by atoms with E-state index in [-0.39, 0.29) is 119 Å². The zero-order valence-electron chi connectivity index (χ0n) is 49.8. The third-order valence-electron chi connectivity index (χ3n) is 10.4. The molecule has 0 saturated heterocycles. The van der Waals surface area contributed by atoms with Crippen molar-refractivity contribution in [2.75, 3.05) is 119 Å². The number of ether oxygens (including phenoxy) is 6. The number of carbonyl (C=O) groups is 6. The minimum absolute atomic E-state index is 0.0487. The van der Waals surface area contributed by atoms with E-state index in [4.69, 9.17) is 82.7 Å². The van der Waals surface area contributed by atoms with Gasteiger partial charge in [-0.3, -0.25) is 28.8 Å². The van der Waals surface area contributed by atoms with Gasteiger partial charge in [0.2, 0.25) is 0 Å². The average molecular weight is 1340 g/mol. The van der Waals surface area contributed by atoms with Crippen molar-refractivity contribution < 1.29 is 125 Å². The molecule has 0 aliphatic rings. The fraction of sp³-hybridized carbons (Fsp3) is 0.882. The van der Waals surface area contributed by atoms with E-state index in [1.165, 1.54) is 41.5 Å². The number of esters is 6. The summed E-state index contributed by atoms with van der Waals surface area (Å²) in [5, 5.41) is 0. The van der Waals surface area contributed by atoms with Crippen molar-refractivity contribution in [1.29, 1.82) is 0 Å². The van der Waals surface area contributed by atoms with Gasteiger partial charge in [0.15, 0.2) is 0 Å². The van der Waals surface area contributed by atoms with Gasteiger partial charge in [0.25, 0.3) is 0 Å². The molecule has 0 bridgehead atoms. The monoisotopic (exact) mass is 1340 g/mol. The molecule has 0 aromatic rings. The van der Waals surface area contributed by atoms with E-state index < -0.39 is 65.5 Å². The van der Waals surface area contributed by atoms with Crippen LogP contribution in [0.15, 0.2) is 0 Å². The van der Waals surface area contributed by atoms with Gasteiger partial charge in [0.1, 0.15) is 0 Å². The molecule has 0 amide bonds. The number of phosphoric acid groups is 3. The molecule has 32 heteroatoms. The second kappa shape index (κ2) is 53.0. The molecule has 0 saturated carbocycles. The summed E-state index contributed by atoms with van der Waals surface area (Å²) < 4.78 is 139. The summed E-state index contributed by atoms with van der Waals surface area (Å²) in [5.41, 5.74) is 0. The van der Waals surface area contributed by atoms with Crippen molar-refractivity contribution >= 4 is 80.6 Å². The molecular weight excluding hydrogens is 1250 g/mol. The molecule has 0 rings (SSSR count). The van der Waals surface area contributed by atoms with Gasteiger partial charge >= 0.3 is 324 Å². The number of phosphoric ester groups is 3. The fourth-order valence-corrected chi connectivity index (χ4v) is 12.8. The van der Waals surface area contributed by atoms with Crippen molar-refractivity contribution in [2.24, 2.45) is 0 Å². The summed E-state index contributed by atoms with van der Waals surface area (Å²) in [4.78, 5) is 66.5. The number of hydrogen-bond acceptors (Lipinski definition) is 27. The number of unbranched alkanes of at least 4 members (excludes halogenated alkanes) is 12. The molecule has 0 aromatic carbocycles. The maximum atomic E-state index is 13.5. The van der Waals surface area contributed by atoms with Crippen LogP contribution in [0.1, 0.15) is 176 Å². The first kappa shape index (κ1) is 81.0. The molecular formula is C51H96O27P4Se. The molecule has 0 unspecified atom stereocenters. The van der Waals surface area contributed by atoms with Crippen molar-refractivity contribution in [2.45, 2.75) is 176 Å². The Balaban J connectivity index is 5.55. The predicted octanol–water partition coefficient (Wildman–Crippen LogP) is 10.9. The summed E-state index contributed by atoms with van der Waals surface area (Å²) >= 11 is 3.00. The van der Waals surface area contributed by atoms with E-state index in [1.807, 2.05) is 0 Å². The van der Waals surface area contributed by atoms with Gasteiger partial charge in [-0.1, -0.05) is 0 Å². The Labute approximate surface area is 499 Å². The van der Waals surface area contributed by atoms with Crippen LogP contribution in [0.5, 0.6) is 0 Å². The molecule has 0 N–H and O–H groups in total. The normalized spacial score (nSPS) is 12.0. The first-order chi connectivity index (χ1) is 39.6. The Morgan fingerprint density at radius 1 is 0.217 bits per heavy atom. The Kier molecular flexibility index (Phi) is 51.8. The second-order valence-electron chi connectivity index (χ2n) is 18.3. The van der Waals surface area contributed by atoms with E-state index in [2.05, 4.69) is 15.1 Å². The fourth-order valence-electron chi connectivity index (χ4n) is 6.23. The molecule has 0 atom stereocenters. The van der Waals surface area contributed by atoms with Gasteiger partial charge in [-0.05, 0) is 38.5 Å². The average Bonchev–Trinajstić information content (AvgIpc) is 3.42. The summed E-state index contributed by atoms with van der Waals surface area (Å²) in [6.07, 6.45) is 7.51. The van der Waals surface area contributed by atoms with Crippen LogP contribution >= 0.6 is 29.7 Å². The zero-order chi connectivity index (χ0) is 61.8. The number of rotatable bonds is 60. The molecule has 0 aliphatic carbocycles. The summed E-state index contributed by atoms with van der Waals surface area (Å²) in [6.45, 7) is 10.2. The van der Waals surface area contributed by atoms with Crippen molar-refractivity contribution in [1.82, 2.24) is 0 Å². The van der Waals surface area contributed by atoms with Crippen molar-refractivity contribution in [3.8, 4) is 0 Å². The number of carbonyl (C=O) groups excluding carboxylic acids is 6. The minimum atomic E-state index is -3.95. The summed E-state index contributed by atoms with van der Waals surface area (Å²) in [7, 11) is -11.8. The van der Waals surface area contributed by atoms with Gasteiger partial charge in [0, 0.05) is 41.5 Å². The third kappa shape index (κ3) is 55.1. The van der Waals surface area contributed by atoms with Gasteiger partial charge in [-0.2, -0.15) is 0 Å². The van der Waals surface area contributed by atoms with E-state index in [9.17, 15) is 42.5 Å². The molecule has 488 valence electrons. The van der Waals surface area contributed by atoms with Crippen molar-refractivity contribution in [3.63, 3.8) is 0 Å². The molecule has 0 radical (unpaired) electrons. The Hall–Kier alpha value is -2.02. The molecule has 0 fully saturated rings. The van der Waals surface area contributed by atoms with Crippen molar-refractivity contribution in [3.05, 3.63) is 0 Å². The van der Waals surface area contributed by atoms with E-state index in [1.54, 1.807) is 0 Å². The van der Waals surface area contributed by atoms with Gasteiger partial charge < -0.3 is 28.4 Å². The first-order valence-electron chi connectivity index (χ1n) is 28.6. The van der Waals surface area contributed by atoms with Crippen LogP contribution in [-0.2, 0) is 125 Å². The van der Waals surface area contributed by atoms with Crippen LogP contribution in [-0.4, -0.2) is 170 Å².